The second-order valence-corrected chi connectivity index (χ2v) is 6.51. The summed E-state index contributed by atoms with van der Waals surface area (Å²) in [5.41, 5.74) is 0.954. The van der Waals surface area contributed by atoms with Crippen molar-refractivity contribution < 1.29 is 18.7 Å². The Balaban J connectivity index is 1.49. The SMILES string of the molecule is COc1ccc2c(c1)c(=O)oc1cc(OCC(=O)NCc3ccccc3)ccc12. The second kappa shape index (κ2) is 8.06. The number of benzene rings is 3. The summed E-state index contributed by atoms with van der Waals surface area (Å²) in [5.74, 6) is 0.801. The van der Waals surface area contributed by atoms with E-state index in [1.165, 1.54) is 0 Å². The summed E-state index contributed by atoms with van der Waals surface area (Å²) >= 11 is 0. The van der Waals surface area contributed by atoms with Crippen molar-refractivity contribution >= 4 is 27.6 Å². The van der Waals surface area contributed by atoms with Gasteiger partial charge in [0.2, 0.25) is 0 Å². The standard InChI is InChI=1S/C23H19NO5/c1-27-16-7-9-18-19-10-8-17(12-21(19)29-23(26)20(18)11-16)28-14-22(25)24-13-15-5-3-2-4-6-15/h2-12H,13-14H2,1H3,(H,24,25). The minimum Gasteiger partial charge on any atom is -0.497 e. The maximum atomic E-state index is 12.3. The molecule has 0 aliphatic rings. The number of ether oxygens (including phenoxy) is 2. The first-order valence-electron chi connectivity index (χ1n) is 9.12. The summed E-state index contributed by atoms with van der Waals surface area (Å²) in [6, 6.07) is 20.1. The molecule has 1 N–H and O–H groups in total. The van der Waals surface area contributed by atoms with Crippen LogP contribution in [0.15, 0.2) is 75.9 Å². The highest BCUT2D eigenvalue weighted by molar-refractivity contribution is 6.04. The van der Waals surface area contributed by atoms with E-state index in [9.17, 15) is 9.59 Å². The Labute approximate surface area is 166 Å². The number of hydrogen-bond donors (Lipinski definition) is 1. The fraction of sp³-hybridized carbons (Fsp3) is 0.130. The van der Waals surface area contributed by atoms with Crippen LogP contribution >= 0.6 is 0 Å². The minimum atomic E-state index is -0.454. The van der Waals surface area contributed by atoms with Crippen LogP contribution in [0.2, 0.25) is 0 Å². The quantitative estimate of drug-likeness (QED) is 0.402. The van der Waals surface area contributed by atoms with Crippen LogP contribution in [-0.2, 0) is 11.3 Å². The van der Waals surface area contributed by atoms with E-state index in [0.29, 0.717) is 29.0 Å². The van der Waals surface area contributed by atoms with Gasteiger partial charge in [-0.3, -0.25) is 4.79 Å². The van der Waals surface area contributed by atoms with Crippen LogP contribution < -0.4 is 20.4 Å². The van der Waals surface area contributed by atoms with E-state index in [-0.39, 0.29) is 12.5 Å². The Morgan fingerprint density at radius 2 is 1.69 bits per heavy atom. The normalized spacial score (nSPS) is 10.8. The monoisotopic (exact) mass is 389 g/mol. The zero-order valence-corrected chi connectivity index (χ0v) is 15.8. The lowest BCUT2D eigenvalue weighted by atomic mass is 10.1. The summed E-state index contributed by atoms with van der Waals surface area (Å²) in [5, 5.41) is 4.80. The molecule has 1 aromatic heterocycles. The number of rotatable bonds is 6. The zero-order valence-electron chi connectivity index (χ0n) is 15.8. The first-order valence-corrected chi connectivity index (χ1v) is 9.12. The molecule has 4 aromatic rings. The molecule has 4 rings (SSSR count). The zero-order chi connectivity index (χ0) is 20.2. The number of fused-ring (bicyclic) bond motifs is 3. The molecule has 0 spiro atoms. The predicted octanol–water partition coefficient (Wildman–Crippen LogP) is 3.65. The fourth-order valence-corrected chi connectivity index (χ4v) is 3.10. The largest absolute Gasteiger partial charge is 0.497 e. The number of amides is 1. The molecule has 29 heavy (non-hydrogen) atoms. The Morgan fingerprint density at radius 3 is 2.48 bits per heavy atom. The number of carbonyl (C=O) groups is 1. The molecule has 0 fully saturated rings. The third-order valence-corrected chi connectivity index (χ3v) is 4.59. The topological polar surface area (TPSA) is 77.8 Å². The van der Waals surface area contributed by atoms with E-state index in [2.05, 4.69) is 5.32 Å². The van der Waals surface area contributed by atoms with E-state index in [4.69, 9.17) is 13.9 Å². The number of methoxy groups -OCH3 is 1. The van der Waals surface area contributed by atoms with E-state index in [0.717, 1.165) is 16.3 Å². The lowest BCUT2D eigenvalue weighted by Crippen LogP contribution is -2.28. The molecule has 0 saturated carbocycles. The smallest absolute Gasteiger partial charge is 0.344 e. The van der Waals surface area contributed by atoms with Crippen LogP contribution in [0.3, 0.4) is 0 Å². The third kappa shape index (κ3) is 4.06. The molecule has 6 heteroatoms. The van der Waals surface area contributed by atoms with Gasteiger partial charge in [-0.25, -0.2) is 4.79 Å². The molecule has 0 bridgehead atoms. The van der Waals surface area contributed by atoms with E-state index < -0.39 is 5.63 Å². The molecular formula is C23H19NO5. The average Bonchev–Trinajstić information content (AvgIpc) is 2.76. The van der Waals surface area contributed by atoms with Gasteiger partial charge in [-0.15, -0.1) is 0 Å². The lowest BCUT2D eigenvalue weighted by Gasteiger charge is -2.09. The van der Waals surface area contributed by atoms with Crippen LogP contribution in [0.25, 0.3) is 21.7 Å². The third-order valence-electron chi connectivity index (χ3n) is 4.59. The highest BCUT2D eigenvalue weighted by Crippen LogP contribution is 2.28. The van der Waals surface area contributed by atoms with Crippen LogP contribution in [0, 0.1) is 0 Å². The average molecular weight is 389 g/mol. The van der Waals surface area contributed by atoms with Gasteiger partial charge in [0.1, 0.15) is 17.1 Å². The molecule has 0 unspecified atom stereocenters. The number of nitrogens with one attached hydrogen (secondary N) is 1. The van der Waals surface area contributed by atoms with Crippen LogP contribution in [0.5, 0.6) is 11.5 Å². The van der Waals surface area contributed by atoms with Gasteiger partial charge in [0.25, 0.3) is 5.91 Å². The molecule has 0 aliphatic heterocycles. The van der Waals surface area contributed by atoms with Crippen LogP contribution in [-0.4, -0.2) is 19.6 Å². The van der Waals surface area contributed by atoms with E-state index in [1.807, 2.05) is 42.5 Å². The molecule has 146 valence electrons. The molecule has 1 amide bonds. The van der Waals surface area contributed by atoms with Gasteiger partial charge in [-0.2, -0.15) is 0 Å². The first kappa shape index (κ1) is 18.6. The highest BCUT2D eigenvalue weighted by Gasteiger charge is 2.10. The molecule has 0 radical (unpaired) electrons. The molecule has 0 aliphatic carbocycles. The van der Waals surface area contributed by atoms with Crippen molar-refractivity contribution in [3.8, 4) is 11.5 Å². The maximum absolute atomic E-state index is 12.3. The molecule has 6 nitrogen and oxygen atoms in total. The Bertz CT molecular complexity index is 1230. The van der Waals surface area contributed by atoms with Crippen molar-refractivity contribution in [2.24, 2.45) is 0 Å². The minimum absolute atomic E-state index is 0.132. The van der Waals surface area contributed by atoms with Gasteiger partial charge < -0.3 is 19.2 Å². The van der Waals surface area contributed by atoms with Crippen molar-refractivity contribution in [3.05, 3.63) is 82.7 Å². The van der Waals surface area contributed by atoms with Crippen molar-refractivity contribution in [2.75, 3.05) is 13.7 Å². The van der Waals surface area contributed by atoms with Crippen LogP contribution in [0.1, 0.15) is 5.56 Å². The number of carbonyl (C=O) groups excluding carboxylic acids is 1. The number of hydrogen-bond acceptors (Lipinski definition) is 5. The van der Waals surface area contributed by atoms with Gasteiger partial charge in [0, 0.05) is 23.4 Å². The second-order valence-electron chi connectivity index (χ2n) is 6.51. The van der Waals surface area contributed by atoms with Gasteiger partial charge in [-0.05, 0) is 35.9 Å². The summed E-state index contributed by atoms with van der Waals surface area (Å²) in [6.45, 7) is 0.304. The summed E-state index contributed by atoms with van der Waals surface area (Å²) in [7, 11) is 1.55. The predicted molar refractivity (Wildman–Crippen MR) is 110 cm³/mol. The van der Waals surface area contributed by atoms with Crippen molar-refractivity contribution in [1.82, 2.24) is 5.32 Å². The summed E-state index contributed by atoms with van der Waals surface area (Å²) in [6.07, 6.45) is 0. The highest BCUT2D eigenvalue weighted by atomic mass is 16.5. The van der Waals surface area contributed by atoms with Gasteiger partial charge in [0.15, 0.2) is 6.61 Å². The van der Waals surface area contributed by atoms with Gasteiger partial charge >= 0.3 is 5.63 Å². The van der Waals surface area contributed by atoms with Crippen molar-refractivity contribution in [3.63, 3.8) is 0 Å². The van der Waals surface area contributed by atoms with E-state index >= 15 is 0 Å². The molecule has 1 heterocycles. The van der Waals surface area contributed by atoms with Crippen molar-refractivity contribution in [1.29, 1.82) is 0 Å². The lowest BCUT2D eigenvalue weighted by molar-refractivity contribution is -0.123. The Morgan fingerprint density at radius 1 is 0.931 bits per heavy atom. The molecule has 0 saturated heterocycles. The Hall–Kier alpha value is -3.80. The van der Waals surface area contributed by atoms with Crippen molar-refractivity contribution in [2.45, 2.75) is 6.54 Å². The van der Waals surface area contributed by atoms with Gasteiger partial charge in [-0.1, -0.05) is 30.3 Å². The first-order chi connectivity index (χ1) is 14.1. The maximum Gasteiger partial charge on any atom is 0.344 e. The fourth-order valence-electron chi connectivity index (χ4n) is 3.10. The molecular weight excluding hydrogens is 370 g/mol. The molecule has 3 aromatic carbocycles. The Kier molecular flexibility index (Phi) is 5.16. The summed E-state index contributed by atoms with van der Waals surface area (Å²) in [4.78, 5) is 24.4. The van der Waals surface area contributed by atoms with Gasteiger partial charge in [0.05, 0.1) is 12.5 Å². The van der Waals surface area contributed by atoms with Crippen LogP contribution in [0.4, 0.5) is 0 Å². The molecule has 0 atom stereocenters. The summed E-state index contributed by atoms with van der Waals surface area (Å²) < 4.78 is 16.2. The van der Waals surface area contributed by atoms with E-state index in [1.54, 1.807) is 31.4 Å².